The van der Waals surface area contributed by atoms with E-state index in [2.05, 4.69) is 5.32 Å². The maximum Gasteiger partial charge on any atom is 0.407 e. The van der Waals surface area contributed by atoms with Gasteiger partial charge in [0.25, 0.3) is 0 Å². The number of alkyl halides is 3. The number of halogens is 3. The summed E-state index contributed by atoms with van der Waals surface area (Å²) in [6.07, 6.45) is -4.05. The number of aliphatic hydroxyl groups excluding tert-OH is 1. The second kappa shape index (κ2) is 6.02. The van der Waals surface area contributed by atoms with Gasteiger partial charge in [0, 0.05) is 12.6 Å². The van der Waals surface area contributed by atoms with Gasteiger partial charge in [-0.05, 0) is 18.9 Å². The Morgan fingerprint density at radius 2 is 1.82 bits per heavy atom. The summed E-state index contributed by atoms with van der Waals surface area (Å²) in [7, 11) is 0. The summed E-state index contributed by atoms with van der Waals surface area (Å²) in [5, 5.41) is 11.2. The molecular formula is C12H16F3NO. The Balaban J connectivity index is 2.83. The van der Waals surface area contributed by atoms with E-state index in [1.165, 1.54) is 12.1 Å². The van der Waals surface area contributed by atoms with E-state index in [-0.39, 0.29) is 12.2 Å². The van der Waals surface area contributed by atoms with Crippen LogP contribution in [-0.2, 0) is 0 Å². The largest absolute Gasteiger partial charge is 0.407 e. The lowest BCUT2D eigenvalue weighted by Gasteiger charge is -2.25. The third-order valence-corrected chi connectivity index (χ3v) is 2.47. The topological polar surface area (TPSA) is 32.3 Å². The first-order valence-electron chi connectivity index (χ1n) is 5.43. The third-order valence-electron chi connectivity index (χ3n) is 2.47. The Morgan fingerprint density at radius 3 is 2.29 bits per heavy atom. The van der Waals surface area contributed by atoms with Crippen molar-refractivity contribution < 1.29 is 18.3 Å². The van der Waals surface area contributed by atoms with Crippen molar-refractivity contribution in [3.05, 3.63) is 35.9 Å². The number of hydrogen-bond acceptors (Lipinski definition) is 2. The molecule has 2 unspecified atom stereocenters. The highest BCUT2D eigenvalue weighted by molar-refractivity contribution is 5.20. The summed E-state index contributed by atoms with van der Waals surface area (Å²) >= 11 is 0. The highest BCUT2D eigenvalue weighted by Gasteiger charge is 2.41. The smallest absolute Gasteiger partial charge is 0.396 e. The van der Waals surface area contributed by atoms with Gasteiger partial charge >= 0.3 is 6.18 Å². The minimum atomic E-state index is -4.34. The van der Waals surface area contributed by atoms with Crippen LogP contribution in [-0.4, -0.2) is 23.9 Å². The zero-order chi connectivity index (χ0) is 12.9. The van der Waals surface area contributed by atoms with Gasteiger partial charge in [-0.15, -0.1) is 0 Å². The fourth-order valence-electron chi connectivity index (χ4n) is 1.59. The van der Waals surface area contributed by atoms with Gasteiger partial charge in [0.1, 0.15) is 6.04 Å². The minimum absolute atomic E-state index is 0.131. The van der Waals surface area contributed by atoms with Crippen molar-refractivity contribution >= 4 is 0 Å². The third kappa shape index (κ3) is 4.36. The summed E-state index contributed by atoms with van der Waals surface area (Å²) in [4.78, 5) is 0. The molecule has 0 amide bonds. The van der Waals surface area contributed by atoms with Crippen LogP contribution in [0, 0.1) is 0 Å². The van der Waals surface area contributed by atoms with Crippen molar-refractivity contribution in [3.63, 3.8) is 0 Å². The van der Waals surface area contributed by atoms with Crippen molar-refractivity contribution in [2.24, 2.45) is 0 Å². The lowest BCUT2D eigenvalue weighted by Crippen LogP contribution is -2.39. The molecule has 0 saturated carbocycles. The SMILES string of the molecule is CC(CCO)NC(c1ccccc1)C(F)(F)F. The molecule has 0 heterocycles. The molecule has 1 aromatic carbocycles. The van der Waals surface area contributed by atoms with Gasteiger partial charge in [-0.2, -0.15) is 13.2 Å². The Bertz CT molecular complexity index is 326. The van der Waals surface area contributed by atoms with Gasteiger partial charge in [-0.25, -0.2) is 0 Å². The normalized spacial score (nSPS) is 15.6. The zero-order valence-electron chi connectivity index (χ0n) is 9.54. The van der Waals surface area contributed by atoms with Gasteiger partial charge in [-0.3, -0.25) is 5.32 Å². The van der Waals surface area contributed by atoms with Crippen LogP contribution >= 0.6 is 0 Å². The second-order valence-electron chi connectivity index (χ2n) is 3.97. The van der Waals surface area contributed by atoms with E-state index in [0.29, 0.717) is 6.42 Å². The fourth-order valence-corrected chi connectivity index (χ4v) is 1.59. The summed E-state index contributed by atoms with van der Waals surface area (Å²) < 4.78 is 38.6. The van der Waals surface area contributed by atoms with Gasteiger partial charge in [0.2, 0.25) is 0 Å². The van der Waals surface area contributed by atoms with Crippen LogP contribution in [0.25, 0.3) is 0 Å². The molecule has 0 fully saturated rings. The molecule has 0 saturated heterocycles. The van der Waals surface area contributed by atoms with Crippen LogP contribution in [0.4, 0.5) is 13.2 Å². The number of benzene rings is 1. The van der Waals surface area contributed by atoms with Crippen molar-refractivity contribution in [1.82, 2.24) is 5.32 Å². The number of hydrogen-bond donors (Lipinski definition) is 2. The van der Waals surface area contributed by atoms with Crippen molar-refractivity contribution in [1.29, 1.82) is 0 Å². The van der Waals surface area contributed by atoms with Crippen LogP contribution in [0.2, 0.25) is 0 Å². The van der Waals surface area contributed by atoms with E-state index in [1.54, 1.807) is 25.1 Å². The molecule has 0 aliphatic carbocycles. The van der Waals surface area contributed by atoms with Gasteiger partial charge in [0.15, 0.2) is 0 Å². The van der Waals surface area contributed by atoms with Crippen LogP contribution in [0.5, 0.6) is 0 Å². The lowest BCUT2D eigenvalue weighted by molar-refractivity contribution is -0.159. The molecule has 1 rings (SSSR count). The zero-order valence-corrected chi connectivity index (χ0v) is 9.54. The minimum Gasteiger partial charge on any atom is -0.396 e. The van der Waals surface area contributed by atoms with E-state index in [0.717, 1.165) is 0 Å². The Kier molecular flexibility index (Phi) is 4.96. The van der Waals surface area contributed by atoms with Crippen molar-refractivity contribution in [2.75, 3.05) is 6.61 Å². The number of rotatable bonds is 5. The quantitative estimate of drug-likeness (QED) is 0.838. The molecule has 1 aromatic rings. The maximum absolute atomic E-state index is 12.9. The summed E-state index contributed by atoms with van der Waals surface area (Å²) in [6.45, 7) is 1.49. The molecular weight excluding hydrogens is 231 g/mol. The molecule has 2 atom stereocenters. The van der Waals surface area contributed by atoms with Crippen LogP contribution in [0.3, 0.4) is 0 Å². The lowest BCUT2D eigenvalue weighted by atomic mass is 10.1. The first-order chi connectivity index (χ1) is 7.95. The monoisotopic (exact) mass is 247 g/mol. The Labute approximate surface area is 98.5 Å². The van der Waals surface area contributed by atoms with Gasteiger partial charge < -0.3 is 5.11 Å². The average Bonchev–Trinajstić information content (AvgIpc) is 2.26. The summed E-state index contributed by atoms with van der Waals surface area (Å²) in [6, 6.07) is 5.62. The van der Waals surface area contributed by atoms with Crippen LogP contribution in [0.15, 0.2) is 30.3 Å². The Hall–Kier alpha value is -1.07. The summed E-state index contributed by atoms with van der Waals surface area (Å²) in [5.41, 5.74) is 0.185. The van der Waals surface area contributed by atoms with Gasteiger partial charge in [0.05, 0.1) is 0 Å². The maximum atomic E-state index is 12.9. The van der Waals surface area contributed by atoms with Crippen LogP contribution in [0.1, 0.15) is 24.9 Å². The number of nitrogens with one attached hydrogen (secondary N) is 1. The van der Waals surface area contributed by atoms with E-state index < -0.39 is 18.3 Å². The Morgan fingerprint density at radius 1 is 1.24 bits per heavy atom. The van der Waals surface area contributed by atoms with Gasteiger partial charge in [-0.1, -0.05) is 30.3 Å². The standard InChI is InChI=1S/C12H16F3NO/c1-9(7-8-17)16-11(12(13,14)15)10-5-3-2-4-6-10/h2-6,9,11,16-17H,7-8H2,1H3. The van der Waals surface area contributed by atoms with E-state index in [1.807, 2.05) is 0 Å². The summed E-state index contributed by atoms with van der Waals surface area (Å²) in [5.74, 6) is 0. The first-order valence-corrected chi connectivity index (χ1v) is 5.43. The second-order valence-corrected chi connectivity index (χ2v) is 3.97. The molecule has 0 aliphatic heterocycles. The highest BCUT2D eigenvalue weighted by atomic mass is 19.4. The molecule has 0 bridgehead atoms. The molecule has 5 heteroatoms. The predicted octanol–water partition coefficient (Wildman–Crippen LogP) is 2.65. The molecule has 17 heavy (non-hydrogen) atoms. The van der Waals surface area contributed by atoms with E-state index >= 15 is 0 Å². The van der Waals surface area contributed by atoms with E-state index in [9.17, 15) is 13.2 Å². The molecule has 2 nitrogen and oxygen atoms in total. The predicted molar refractivity (Wildman–Crippen MR) is 59.5 cm³/mol. The first kappa shape index (κ1) is 14.0. The van der Waals surface area contributed by atoms with Crippen molar-refractivity contribution in [2.45, 2.75) is 31.6 Å². The molecule has 96 valence electrons. The molecule has 0 spiro atoms. The number of aliphatic hydroxyl groups is 1. The van der Waals surface area contributed by atoms with Crippen molar-refractivity contribution in [3.8, 4) is 0 Å². The fraction of sp³-hybridized carbons (Fsp3) is 0.500. The molecule has 2 N–H and O–H groups in total. The molecule has 0 radical (unpaired) electrons. The van der Waals surface area contributed by atoms with Crippen LogP contribution < -0.4 is 5.32 Å². The molecule has 0 aliphatic rings. The highest BCUT2D eigenvalue weighted by Crippen LogP contribution is 2.32. The molecule has 0 aromatic heterocycles. The van der Waals surface area contributed by atoms with E-state index in [4.69, 9.17) is 5.11 Å². The average molecular weight is 247 g/mol.